The molecule has 0 aliphatic rings. The molecule has 0 fully saturated rings. The second-order valence-electron chi connectivity index (χ2n) is 5.01. The quantitative estimate of drug-likeness (QED) is 0.700. The first-order valence-electron chi connectivity index (χ1n) is 7.03. The molecule has 1 unspecified atom stereocenters. The van der Waals surface area contributed by atoms with Gasteiger partial charge in [0.2, 0.25) is 0 Å². The topological polar surface area (TPSA) is 72.8 Å². The highest BCUT2D eigenvalue weighted by Gasteiger charge is 2.16. The van der Waals surface area contributed by atoms with Crippen molar-refractivity contribution < 1.29 is 22.4 Å². The predicted octanol–water partition coefficient (Wildman–Crippen LogP) is 3.28. The van der Waals surface area contributed by atoms with Crippen LogP contribution in [-0.4, -0.2) is 32.8 Å². The number of rotatable bonds is 8. The summed E-state index contributed by atoms with van der Waals surface area (Å²) in [4.78, 5) is 0. The summed E-state index contributed by atoms with van der Waals surface area (Å²) in [7, 11) is -3.78. The van der Waals surface area contributed by atoms with Crippen LogP contribution in [0.3, 0.4) is 0 Å². The maximum absolute atomic E-state index is 11.9. The Morgan fingerprint density at radius 3 is 2.38 bits per heavy atom. The lowest BCUT2D eigenvalue weighted by Crippen LogP contribution is -2.25. The first-order valence-corrected chi connectivity index (χ1v) is 9.36. The Hall–Kier alpha value is -1.31. The van der Waals surface area contributed by atoms with Crippen LogP contribution >= 0.6 is 23.2 Å². The molecule has 0 aliphatic heterocycles. The van der Waals surface area contributed by atoms with Gasteiger partial charge < -0.3 is 9.84 Å². The Balaban J connectivity index is 1.79. The van der Waals surface area contributed by atoms with Crippen molar-refractivity contribution in [2.75, 3.05) is 13.2 Å². The molecule has 1 atom stereocenters. The molecule has 2 aromatic rings. The minimum atomic E-state index is -3.78. The molecule has 8 heteroatoms. The van der Waals surface area contributed by atoms with Crippen molar-refractivity contribution in [3.05, 3.63) is 64.1 Å². The third-order valence-electron chi connectivity index (χ3n) is 2.96. The monoisotopic (exact) mass is 390 g/mol. The van der Waals surface area contributed by atoms with Crippen LogP contribution in [-0.2, 0) is 20.1 Å². The first-order chi connectivity index (χ1) is 11.4. The summed E-state index contributed by atoms with van der Waals surface area (Å²) < 4.78 is 33.8. The van der Waals surface area contributed by atoms with E-state index in [1.165, 1.54) is 6.07 Å². The normalized spacial score (nSPS) is 12.8. The SMILES string of the molecule is O=S(=O)(Cc1ccccc1)OCC(O)COc1ccc(Cl)c(Cl)c1. The molecule has 0 saturated heterocycles. The second-order valence-corrected chi connectivity index (χ2v) is 7.47. The number of halogens is 2. The molecule has 0 heterocycles. The van der Waals surface area contributed by atoms with E-state index >= 15 is 0 Å². The van der Waals surface area contributed by atoms with E-state index in [9.17, 15) is 13.5 Å². The average molecular weight is 391 g/mol. The van der Waals surface area contributed by atoms with Gasteiger partial charge in [-0.1, -0.05) is 53.5 Å². The molecule has 0 spiro atoms. The molecule has 0 bridgehead atoms. The lowest BCUT2D eigenvalue weighted by Gasteiger charge is -2.13. The third kappa shape index (κ3) is 6.30. The number of ether oxygens (including phenoxy) is 1. The van der Waals surface area contributed by atoms with Crippen molar-refractivity contribution in [1.29, 1.82) is 0 Å². The standard InChI is InChI=1S/C16H16Cl2O5S/c17-15-7-6-14(8-16(15)18)22-9-13(19)10-23-24(20,21)11-12-4-2-1-3-5-12/h1-8,13,19H,9-11H2. The zero-order valence-electron chi connectivity index (χ0n) is 12.6. The van der Waals surface area contributed by atoms with Gasteiger partial charge in [0, 0.05) is 6.07 Å². The highest BCUT2D eigenvalue weighted by atomic mass is 35.5. The van der Waals surface area contributed by atoms with E-state index in [2.05, 4.69) is 0 Å². The van der Waals surface area contributed by atoms with E-state index in [0.29, 0.717) is 21.4 Å². The first kappa shape index (κ1) is 19.0. The van der Waals surface area contributed by atoms with Crippen LogP contribution in [0.2, 0.25) is 10.0 Å². The molecule has 0 aromatic heterocycles. The van der Waals surface area contributed by atoms with Gasteiger partial charge in [-0.05, 0) is 17.7 Å². The molecule has 0 saturated carbocycles. The van der Waals surface area contributed by atoms with Gasteiger partial charge in [0.15, 0.2) is 0 Å². The van der Waals surface area contributed by atoms with E-state index in [1.54, 1.807) is 42.5 Å². The molecule has 1 N–H and O–H groups in total. The van der Waals surface area contributed by atoms with E-state index in [4.69, 9.17) is 32.1 Å². The van der Waals surface area contributed by atoms with Gasteiger partial charge in [-0.3, -0.25) is 4.18 Å². The maximum atomic E-state index is 11.9. The van der Waals surface area contributed by atoms with Crippen LogP contribution in [0.1, 0.15) is 5.56 Å². The maximum Gasteiger partial charge on any atom is 0.271 e. The lowest BCUT2D eigenvalue weighted by atomic mass is 10.2. The Kier molecular flexibility index (Phi) is 6.89. The fourth-order valence-electron chi connectivity index (χ4n) is 1.81. The van der Waals surface area contributed by atoms with Gasteiger partial charge in [0.05, 0.1) is 16.7 Å². The van der Waals surface area contributed by atoms with Crippen LogP contribution in [0.5, 0.6) is 5.75 Å². The van der Waals surface area contributed by atoms with Crippen molar-refractivity contribution in [3.63, 3.8) is 0 Å². The summed E-state index contributed by atoms with van der Waals surface area (Å²) >= 11 is 11.6. The fraction of sp³-hybridized carbons (Fsp3) is 0.250. The fourth-order valence-corrected chi connectivity index (χ4v) is 3.15. The van der Waals surface area contributed by atoms with Gasteiger partial charge in [-0.25, -0.2) is 0 Å². The third-order valence-corrected chi connectivity index (χ3v) is 4.88. The zero-order valence-corrected chi connectivity index (χ0v) is 14.9. The van der Waals surface area contributed by atoms with Crippen molar-refractivity contribution in [2.24, 2.45) is 0 Å². The van der Waals surface area contributed by atoms with Crippen LogP contribution < -0.4 is 4.74 Å². The van der Waals surface area contributed by atoms with Gasteiger partial charge in [0.25, 0.3) is 10.1 Å². The summed E-state index contributed by atoms with van der Waals surface area (Å²) in [5.74, 6) is 0.157. The van der Waals surface area contributed by atoms with Crippen LogP contribution in [0.4, 0.5) is 0 Å². The molecular formula is C16H16Cl2O5S. The molecule has 0 aliphatic carbocycles. The summed E-state index contributed by atoms with van der Waals surface area (Å²) in [6, 6.07) is 13.3. The molecule has 130 valence electrons. The van der Waals surface area contributed by atoms with Crippen LogP contribution in [0.15, 0.2) is 48.5 Å². The molecule has 0 radical (unpaired) electrons. The van der Waals surface area contributed by atoms with E-state index < -0.39 is 22.8 Å². The summed E-state index contributed by atoms with van der Waals surface area (Å²) in [6.45, 7) is -0.532. The minimum Gasteiger partial charge on any atom is -0.491 e. The van der Waals surface area contributed by atoms with Crippen molar-refractivity contribution >= 4 is 33.3 Å². The van der Waals surface area contributed by atoms with E-state index in [-0.39, 0.29) is 12.4 Å². The van der Waals surface area contributed by atoms with Crippen molar-refractivity contribution in [1.82, 2.24) is 0 Å². The van der Waals surface area contributed by atoms with E-state index in [0.717, 1.165) is 0 Å². The summed E-state index contributed by atoms with van der Waals surface area (Å²) in [6.07, 6.45) is -1.11. The number of hydrogen-bond donors (Lipinski definition) is 1. The Labute approximate surface area is 150 Å². The highest BCUT2D eigenvalue weighted by Crippen LogP contribution is 2.26. The Morgan fingerprint density at radius 1 is 1.00 bits per heavy atom. The minimum absolute atomic E-state index is 0.140. The van der Waals surface area contributed by atoms with Crippen molar-refractivity contribution in [2.45, 2.75) is 11.9 Å². The van der Waals surface area contributed by atoms with Gasteiger partial charge >= 0.3 is 0 Å². The molecular weight excluding hydrogens is 375 g/mol. The zero-order chi connectivity index (χ0) is 17.6. The molecule has 0 amide bonds. The lowest BCUT2D eigenvalue weighted by molar-refractivity contribution is 0.0648. The largest absolute Gasteiger partial charge is 0.491 e. The van der Waals surface area contributed by atoms with E-state index in [1.807, 2.05) is 0 Å². The Bertz CT molecular complexity index is 765. The van der Waals surface area contributed by atoms with Gasteiger partial charge in [-0.15, -0.1) is 0 Å². The summed E-state index contributed by atoms with van der Waals surface area (Å²) in [5.41, 5.74) is 0.610. The highest BCUT2D eigenvalue weighted by molar-refractivity contribution is 7.85. The smallest absolute Gasteiger partial charge is 0.271 e. The predicted molar refractivity (Wildman–Crippen MR) is 93.0 cm³/mol. The molecule has 5 nitrogen and oxygen atoms in total. The van der Waals surface area contributed by atoms with Gasteiger partial charge in [-0.2, -0.15) is 8.42 Å². The van der Waals surface area contributed by atoms with Crippen molar-refractivity contribution in [3.8, 4) is 5.75 Å². The van der Waals surface area contributed by atoms with Gasteiger partial charge in [0.1, 0.15) is 24.2 Å². The number of benzene rings is 2. The molecule has 24 heavy (non-hydrogen) atoms. The Morgan fingerprint density at radius 2 is 1.71 bits per heavy atom. The number of aliphatic hydroxyl groups is 1. The second kappa shape index (κ2) is 8.69. The van der Waals surface area contributed by atoms with Crippen LogP contribution in [0.25, 0.3) is 0 Å². The molecule has 2 rings (SSSR count). The molecule has 2 aromatic carbocycles. The average Bonchev–Trinajstić information content (AvgIpc) is 2.55. The number of hydrogen-bond acceptors (Lipinski definition) is 5. The van der Waals surface area contributed by atoms with Crippen LogP contribution in [0, 0.1) is 0 Å². The summed E-state index contributed by atoms with van der Waals surface area (Å²) in [5, 5.41) is 10.5. The number of aliphatic hydroxyl groups excluding tert-OH is 1.